The predicted octanol–water partition coefficient (Wildman–Crippen LogP) is 4.05. The molecular formula is C15H17BrFN3O. The Morgan fingerprint density at radius 1 is 1.29 bits per heavy atom. The van der Waals surface area contributed by atoms with E-state index in [1.807, 2.05) is 13.8 Å². The number of aryl methyl sites for hydroxylation is 1. The van der Waals surface area contributed by atoms with E-state index in [9.17, 15) is 4.39 Å². The van der Waals surface area contributed by atoms with Gasteiger partial charge >= 0.3 is 0 Å². The van der Waals surface area contributed by atoms with Gasteiger partial charge in [-0.1, -0.05) is 6.92 Å². The molecule has 1 N–H and O–H groups in total. The number of rotatable bonds is 5. The van der Waals surface area contributed by atoms with Crippen LogP contribution in [0.5, 0.6) is 5.75 Å². The molecule has 112 valence electrons. The smallest absolute Gasteiger partial charge is 0.165 e. The van der Waals surface area contributed by atoms with Gasteiger partial charge in [0.2, 0.25) is 0 Å². The first-order chi connectivity index (χ1) is 10.1. The van der Waals surface area contributed by atoms with Crippen molar-refractivity contribution in [3.8, 4) is 17.1 Å². The summed E-state index contributed by atoms with van der Waals surface area (Å²) in [5, 5.41) is 3.20. The molecule has 4 nitrogen and oxygen atoms in total. The molecule has 0 saturated carbocycles. The summed E-state index contributed by atoms with van der Waals surface area (Å²) in [6, 6.07) is 4.61. The largest absolute Gasteiger partial charge is 0.494 e. The Bertz CT molecular complexity index is 649. The van der Waals surface area contributed by atoms with Crippen LogP contribution in [0.15, 0.2) is 22.7 Å². The molecule has 0 aliphatic carbocycles. The number of ether oxygens (including phenoxy) is 1. The molecule has 0 atom stereocenters. The molecule has 1 heterocycles. The molecule has 0 spiro atoms. The number of aromatic nitrogens is 2. The summed E-state index contributed by atoms with van der Waals surface area (Å²) < 4.78 is 19.4. The fourth-order valence-electron chi connectivity index (χ4n) is 1.94. The number of hydrogen-bond acceptors (Lipinski definition) is 4. The van der Waals surface area contributed by atoms with Crippen LogP contribution < -0.4 is 10.1 Å². The van der Waals surface area contributed by atoms with E-state index < -0.39 is 5.82 Å². The highest BCUT2D eigenvalue weighted by molar-refractivity contribution is 9.10. The van der Waals surface area contributed by atoms with Crippen molar-refractivity contribution in [2.24, 2.45) is 0 Å². The Labute approximate surface area is 131 Å². The molecule has 0 aliphatic heterocycles. The summed E-state index contributed by atoms with van der Waals surface area (Å²) in [5.74, 6) is 1.06. The van der Waals surface area contributed by atoms with Crippen molar-refractivity contribution in [3.63, 3.8) is 0 Å². The summed E-state index contributed by atoms with van der Waals surface area (Å²) in [4.78, 5) is 9.03. The second-order valence-electron chi connectivity index (χ2n) is 4.39. The van der Waals surface area contributed by atoms with Gasteiger partial charge in [-0.05, 0) is 47.5 Å². The van der Waals surface area contributed by atoms with Gasteiger partial charge in [-0.3, -0.25) is 0 Å². The van der Waals surface area contributed by atoms with E-state index in [4.69, 9.17) is 4.74 Å². The molecule has 2 aromatic rings. The van der Waals surface area contributed by atoms with Crippen molar-refractivity contribution in [1.82, 2.24) is 9.97 Å². The van der Waals surface area contributed by atoms with Gasteiger partial charge in [0.05, 0.1) is 17.3 Å². The van der Waals surface area contributed by atoms with Crippen LogP contribution in [-0.4, -0.2) is 23.6 Å². The van der Waals surface area contributed by atoms with Crippen molar-refractivity contribution < 1.29 is 9.13 Å². The van der Waals surface area contributed by atoms with E-state index in [2.05, 4.69) is 31.2 Å². The van der Waals surface area contributed by atoms with Gasteiger partial charge in [-0.25, -0.2) is 14.4 Å². The lowest BCUT2D eigenvalue weighted by Crippen LogP contribution is -2.06. The molecule has 0 aliphatic rings. The molecule has 2 rings (SSSR count). The number of nitrogens with zero attached hydrogens (tertiary/aromatic N) is 2. The highest BCUT2D eigenvalue weighted by Gasteiger charge is 2.13. The molecule has 1 aromatic carbocycles. The van der Waals surface area contributed by atoms with Crippen LogP contribution in [0.4, 0.5) is 10.2 Å². The molecule has 0 radical (unpaired) electrons. The summed E-state index contributed by atoms with van der Waals surface area (Å²) in [6.45, 7) is 4.78. The zero-order valence-corrected chi connectivity index (χ0v) is 13.8. The maximum Gasteiger partial charge on any atom is 0.165 e. The van der Waals surface area contributed by atoms with Gasteiger partial charge in [-0.15, -0.1) is 0 Å². The Morgan fingerprint density at radius 3 is 2.67 bits per heavy atom. The van der Waals surface area contributed by atoms with E-state index in [0.29, 0.717) is 5.82 Å². The number of methoxy groups -OCH3 is 1. The maximum absolute atomic E-state index is 13.5. The third-order valence-electron chi connectivity index (χ3n) is 3.01. The standard InChI is InChI=1S/C15H17BrFN3O/c1-4-11-13(16)15(18-5-2)20-14(19-11)9-6-7-10(17)12(8-9)21-3/h6-8H,4-5H2,1-3H3,(H,18,19,20). The number of hydrogen-bond donors (Lipinski definition) is 1. The lowest BCUT2D eigenvalue weighted by Gasteiger charge is -2.12. The summed E-state index contributed by atoms with van der Waals surface area (Å²) in [6.07, 6.45) is 0.771. The Balaban J connectivity index is 2.55. The van der Waals surface area contributed by atoms with Gasteiger partial charge in [0.1, 0.15) is 5.82 Å². The summed E-state index contributed by atoms with van der Waals surface area (Å²) in [5.41, 5.74) is 1.62. The van der Waals surface area contributed by atoms with Crippen LogP contribution in [0.3, 0.4) is 0 Å². The first-order valence-corrected chi connectivity index (χ1v) is 7.54. The van der Waals surface area contributed by atoms with Crippen molar-refractivity contribution >= 4 is 21.7 Å². The molecule has 6 heteroatoms. The third kappa shape index (κ3) is 3.32. The van der Waals surface area contributed by atoms with E-state index in [-0.39, 0.29) is 5.75 Å². The predicted molar refractivity (Wildman–Crippen MR) is 85.2 cm³/mol. The van der Waals surface area contributed by atoms with E-state index >= 15 is 0 Å². The van der Waals surface area contributed by atoms with Crippen molar-refractivity contribution in [2.45, 2.75) is 20.3 Å². The van der Waals surface area contributed by atoms with E-state index in [1.165, 1.54) is 13.2 Å². The van der Waals surface area contributed by atoms with Gasteiger partial charge in [0.25, 0.3) is 0 Å². The Hall–Kier alpha value is -1.69. The minimum absolute atomic E-state index is 0.182. The highest BCUT2D eigenvalue weighted by atomic mass is 79.9. The van der Waals surface area contributed by atoms with E-state index in [1.54, 1.807) is 12.1 Å². The third-order valence-corrected chi connectivity index (χ3v) is 3.84. The van der Waals surface area contributed by atoms with Crippen molar-refractivity contribution in [1.29, 1.82) is 0 Å². The fraction of sp³-hybridized carbons (Fsp3) is 0.333. The molecule has 0 amide bonds. The maximum atomic E-state index is 13.5. The highest BCUT2D eigenvalue weighted by Crippen LogP contribution is 2.29. The number of benzene rings is 1. The van der Waals surface area contributed by atoms with Crippen LogP contribution >= 0.6 is 15.9 Å². The Kier molecular flexibility index (Phi) is 5.12. The topological polar surface area (TPSA) is 47.0 Å². The molecule has 0 bridgehead atoms. The second-order valence-corrected chi connectivity index (χ2v) is 5.18. The molecular weight excluding hydrogens is 337 g/mol. The quantitative estimate of drug-likeness (QED) is 0.880. The molecule has 0 saturated heterocycles. The monoisotopic (exact) mass is 353 g/mol. The van der Waals surface area contributed by atoms with Crippen LogP contribution in [0.25, 0.3) is 11.4 Å². The first-order valence-electron chi connectivity index (χ1n) is 6.74. The molecule has 0 fully saturated rings. The number of halogens is 2. The SMILES string of the molecule is CCNc1nc(-c2ccc(F)c(OC)c2)nc(CC)c1Br. The number of nitrogens with one attached hydrogen (secondary N) is 1. The Morgan fingerprint density at radius 2 is 2.05 bits per heavy atom. The average Bonchev–Trinajstić information content (AvgIpc) is 2.50. The zero-order valence-electron chi connectivity index (χ0n) is 12.2. The summed E-state index contributed by atoms with van der Waals surface area (Å²) in [7, 11) is 1.44. The number of anilines is 1. The van der Waals surface area contributed by atoms with Crippen molar-refractivity contribution in [3.05, 3.63) is 34.2 Å². The lowest BCUT2D eigenvalue weighted by molar-refractivity contribution is 0.387. The zero-order chi connectivity index (χ0) is 15.4. The molecule has 1 aromatic heterocycles. The normalized spacial score (nSPS) is 10.5. The van der Waals surface area contributed by atoms with Crippen LogP contribution in [0.1, 0.15) is 19.5 Å². The van der Waals surface area contributed by atoms with Crippen LogP contribution in [0, 0.1) is 5.82 Å². The van der Waals surface area contributed by atoms with Gasteiger partial charge in [0, 0.05) is 12.1 Å². The fourth-order valence-corrected chi connectivity index (χ4v) is 2.54. The summed E-state index contributed by atoms with van der Waals surface area (Å²) >= 11 is 3.52. The lowest BCUT2D eigenvalue weighted by atomic mass is 10.2. The molecule has 0 unspecified atom stereocenters. The van der Waals surface area contributed by atoms with Crippen LogP contribution in [0.2, 0.25) is 0 Å². The van der Waals surface area contributed by atoms with Crippen LogP contribution in [-0.2, 0) is 6.42 Å². The van der Waals surface area contributed by atoms with Crippen molar-refractivity contribution in [2.75, 3.05) is 19.0 Å². The second kappa shape index (κ2) is 6.85. The van der Waals surface area contributed by atoms with Gasteiger partial charge in [0.15, 0.2) is 17.4 Å². The minimum Gasteiger partial charge on any atom is -0.494 e. The van der Waals surface area contributed by atoms with Gasteiger partial charge < -0.3 is 10.1 Å². The van der Waals surface area contributed by atoms with Gasteiger partial charge in [-0.2, -0.15) is 0 Å². The average molecular weight is 354 g/mol. The minimum atomic E-state index is -0.402. The van der Waals surface area contributed by atoms with E-state index in [0.717, 1.165) is 34.5 Å². The molecule has 21 heavy (non-hydrogen) atoms. The first kappa shape index (κ1) is 15.7.